The molecule has 0 aromatic carbocycles. The van der Waals surface area contributed by atoms with Crippen molar-refractivity contribution in [1.29, 1.82) is 0 Å². The maximum atomic E-state index is 11.3. The van der Waals surface area contributed by atoms with Gasteiger partial charge in [0.05, 0.1) is 0 Å². The Balaban J connectivity index is -0.0000000937. The SMILES string of the molecule is CC(C)C1(CCC=O)CCCN1C(N)=O.[F-].[F-].[F-].[Na+].[Na+].[Na+]. The van der Waals surface area contributed by atoms with Gasteiger partial charge in [0.2, 0.25) is 0 Å². The summed E-state index contributed by atoms with van der Waals surface area (Å²) in [6.45, 7) is 4.91. The van der Waals surface area contributed by atoms with E-state index in [9.17, 15) is 9.59 Å². The predicted octanol–water partition coefficient (Wildman–Crippen LogP) is -16.4. The first-order valence-electron chi connectivity index (χ1n) is 5.55. The molecule has 1 atom stereocenters. The van der Waals surface area contributed by atoms with E-state index in [0.29, 0.717) is 12.3 Å². The second-order valence-electron chi connectivity index (χ2n) is 4.56. The molecule has 0 bridgehead atoms. The van der Waals surface area contributed by atoms with Gasteiger partial charge in [0.25, 0.3) is 0 Å². The first-order chi connectivity index (χ1) is 7.04. The van der Waals surface area contributed by atoms with Crippen molar-refractivity contribution in [1.82, 2.24) is 4.90 Å². The second kappa shape index (κ2) is 18.1. The molecular weight excluding hydrogens is 318 g/mol. The molecule has 4 nitrogen and oxygen atoms in total. The van der Waals surface area contributed by atoms with Crippen LogP contribution in [0.4, 0.5) is 4.79 Å². The Morgan fingerprint density at radius 1 is 1.24 bits per heavy atom. The maximum absolute atomic E-state index is 11.3. The Kier molecular flexibility index (Phi) is 33.0. The van der Waals surface area contributed by atoms with E-state index in [-0.39, 0.29) is 114 Å². The zero-order valence-electron chi connectivity index (χ0n) is 13.7. The monoisotopic (exact) mass is 338 g/mol. The van der Waals surface area contributed by atoms with Gasteiger partial charge in [0, 0.05) is 18.5 Å². The first-order valence-corrected chi connectivity index (χ1v) is 5.55. The third kappa shape index (κ3) is 9.57. The van der Waals surface area contributed by atoms with Gasteiger partial charge in [0.1, 0.15) is 6.29 Å². The summed E-state index contributed by atoms with van der Waals surface area (Å²) in [5.74, 6) is 0.340. The summed E-state index contributed by atoms with van der Waals surface area (Å²) in [5.41, 5.74) is 5.19. The van der Waals surface area contributed by atoms with Crippen molar-refractivity contribution in [3.8, 4) is 0 Å². The molecule has 2 N–H and O–H groups in total. The molecule has 2 amide bonds. The number of carbonyl (C=O) groups excluding carboxylic acids is 2. The van der Waals surface area contributed by atoms with Crippen LogP contribution in [0.5, 0.6) is 0 Å². The van der Waals surface area contributed by atoms with E-state index in [2.05, 4.69) is 13.8 Å². The maximum Gasteiger partial charge on any atom is 1.00 e. The van der Waals surface area contributed by atoms with Gasteiger partial charge in [-0.15, -0.1) is 0 Å². The van der Waals surface area contributed by atoms with Crippen LogP contribution in [0.15, 0.2) is 0 Å². The number of aldehydes is 1. The second-order valence-corrected chi connectivity index (χ2v) is 4.56. The fraction of sp³-hybridized carbons (Fsp3) is 0.818. The van der Waals surface area contributed by atoms with Crippen molar-refractivity contribution in [2.24, 2.45) is 11.7 Å². The van der Waals surface area contributed by atoms with Gasteiger partial charge in [-0.2, -0.15) is 0 Å². The summed E-state index contributed by atoms with van der Waals surface area (Å²) < 4.78 is 0. The minimum atomic E-state index is -0.355. The van der Waals surface area contributed by atoms with Crippen molar-refractivity contribution in [3.05, 3.63) is 0 Å². The van der Waals surface area contributed by atoms with Crippen LogP contribution in [0.3, 0.4) is 0 Å². The molecule has 1 aliphatic heterocycles. The number of urea groups is 1. The van der Waals surface area contributed by atoms with Gasteiger partial charge in [-0.3, -0.25) is 0 Å². The topological polar surface area (TPSA) is 63.4 Å². The number of likely N-dealkylation sites (tertiary alicyclic amines) is 1. The summed E-state index contributed by atoms with van der Waals surface area (Å²) in [6.07, 6.45) is 4.10. The summed E-state index contributed by atoms with van der Waals surface area (Å²) in [4.78, 5) is 23.6. The number of carbonyl (C=O) groups is 2. The van der Waals surface area contributed by atoms with Gasteiger partial charge < -0.3 is 29.5 Å². The van der Waals surface area contributed by atoms with Crippen LogP contribution >= 0.6 is 0 Å². The standard InChI is InChI=1S/C11H20N2O2.3FH.3Na/c1-9(2)11(6-4-8-14)5-3-7-13(11)10(12)15;;;;;;/h8-9H,3-7H2,1-2H3,(H2,12,15);3*1H;;;/q;;;;3*+1/p-3. The Bertz CT molecular complexity index is 277. The molecule has 21 heavy (non-hydrogen) atoms. The van der Waals surface area contributed by atoms with Crippen LogP contribution < -0.4 is 109 Å². The third-order valence-corrected chi connectivity index (χ3v) is 3.56. The van der Waals surface area contributed by atoms with Crippen LogP contribution in [0, 0.1) is 5.92 Å². The van der Waals surface area contributed by atoms with Crippen molar-refractivity contribution < 1.29 is 112 Å². The molecule has 1 unspecified atom stereocenters. The van der Waals surface area contributed by atoms with Gasteiger partial charge >= 0.3 is 94.7 Å². The van der Waals surface area contributed by atoms with E-state index in [1.807, 2.05) is 0 Å². The summed E-state index contributed by atoms with van der Waals surface area (Å²) in [6, 6.07) is -0.355. The van der Waals surface area contributed by atoms with Gasteiger partial charge in [-0.1, -0.05) is 13.8 Å². The number of hydrogen-bond donors (Lipinski definition) is 1. The summed E-state index contributed by atoms with van der Waals surface area (Å²) >= 11 is 0. The van der Waals surface area contributed by atoms with E-state index in [4.69, 9.17) is 5.73 Å². The first kappa shape index (κ1) is 38.3. The Morgan fingerprint density at radius 3 is 2.05 bits per heavy atom. The third-order valence-electron chi connectivity index (χ3n) is 3.56. The number of rotatable bonds is 4. The van der Waals surface area contributed by atoms with Crippen LogP contribution in [0.25, 0.3) is 0 Å². The summed E-state index contributed by atoms with van der Waals surface area (Å²) in [7, 11) is 0. The van der Waals surface area contributed by atoms with Crippen LogP contribution in [0.2, 0.25) is 0 Å². The number of hydrogen-bond acceptors (Lipinski definition) is 2. The van der Waals surface area contributed by atoms with E-state index in [1.165, 1.54) is 0 Å². The normalized spacial score (nSPS) is 18.5. The molecule has 110 valence electrons. The van der Waals surface area contributed by atoms with Crippen LogP contribution in [-0.2, 0) is 4.79 Å². The quantitative estimate of drug-likeness (QED) is 0.409. The average Bonchev–Trinajstić information content (AvgIpc) is 2.59. The molecular formula is C11H20F3N2Na3O2. The summed E-state index contributed by atoms with van der Waals surface area (Å²) in [5, 5.41) is 0. The molecule has 0 aromatic rings. The molecule has 1 rings (SSSR count). The molecule has 0 saturated carbocycles. The van der Waals surface area contributed by atoms with Crippen LogP contribution in [0.1, 0.15) is 39.5 Å². The fourth-order valence-corrected chi connectivity index (χ4v) is 2.69. The minimum Gasteiger partial charge on any atom is -1.00 e. The Labute approximate surface area is 190 Å². The van der Waals surface area contributed by atoms with E-state index in [0.717, 1.165) is 32.1 Å². The molecule has 0 aromatic heterocycles. The van der Waals surface area contributed by atoms with Crippen molar-refractivity contribution in [2.45, 2.75) is 45.1 Å². The smallest absolute Gasteiger partial charge is 1.00 e. The molecule has 1 fully saturated rings. The van der Waals surface area contributed by atoms with Crippen molar-refractivity contribution in [2.75, 3.05) is 6.54 Å². The molecule has 1 saturated heterocycles. The van der Waals surface area contributed by atoms with Gasteiger partial charge in [0.15, 0.2) is 0 Å². The number of nitrogens with two attached hydrogens (primary N) is 1. The Morgan fingerprint density at radius 2 is 1.71 bits per heavy atom. The number of primary amides is 1. The molecule has 1 heterocycles. The predicted molar refractivity (Wildman–Crippen MR) is 58.4 cm³/mol. The molecule has 0 spiro atoms. The van der Waals surface area contributed by atoms with Crippen LogP contribution in [-0.4, -0.2) is 29.3 Å². The Hall–Kier alpha value is 1.73. The van der Waals surface area contributed by atoms with E-state index in [1.54, 1.807) is 4.90 Å². The number of halogens is 3. The molecule has 1 aliphatic rings. The van der Waals surface area contributed by atoms with Gasteiger partial charge in [-0.05, 0) is 25.2 Å². The largest absolute Gasteiger partial charge is 1.00 e. The molecule has 10 heteroatoms. The number of amides is 2. The molecule has 0 aliphatic carbocycles. The average molecular weight is 338 g/mol. The van der Waals surface area contributed by atoms with Gasteiger partial charge in [-0.25, -0.2) is 4.79 Å². The fourth-order valence-electron chi connectivity index (χ4n) is 2.69. The zero-order valence-corrected chi connectivity index (χ0v) is 19.7. The number of nitrogens with zero attached hydrogens (tertiary/aromatic N) is 1. The van der Waals surface area contributed by atoms with Crippen molar-refractivity contribution in [3.63, 3.8) is 0 Å². The molecule has 0 radical (unpaired) electrons. The van der Waals surface area contributed by atoms with E-state index >= 15 is 0 Å². The van der Waals surface area contributed by atoms with E-state index < -0.39 is 0 Å². The zero-order chi connectivity index (χ0) is 11.5. The van der Waals surface area contributed by atoms with Crippen molar-refractivity contribution >= 4 is 12.3 Å². The minimum absolute atomic E-state index is 0.